The van der Waals surface area contributed by atoms with Crippen LogP contribution in [0.25, 0.3) is 0 Å². The van der Waals surface area contributed by atoms with Gasteiger partial charge in [-0.1, -0.05) is 12.1 Å². The zero-order chi connectivity index (χ0) is 16.2. The van der Waals surface area contributed by atoms with Crippen LogP contribution in [0.1, 0.15) is 40.0 Å². The number of amides is 1. The summed E-state index contributed by atoms with van der Waals surface area (Å²) in [4.78, 5) is 31.6. The third kappa shape index (κ3) is 4.44. The second kappa shape index (κ2) is 6.77. The van der Waals surface area contributed by atoms with Gasteiger partial charge in [0.1, 0.15) is 0 Å². The monoisotopic (exact) mass is 307 g/mol. The van der Waals surface area contributed by atoms with E-state index >= 15 is 0 Å². The number of carbonyl (C=O) groups is 1. The molecule has 0 N–H and O–H groups in total. The number of carbonyl (C=O) groups excluding carboxylic acids is 1. The van der Waals surface area contributed by atoms with Crippen LogP contribution in [0.3, 0.4) is 0 Å². The molecule has 1 fully saturated rings. The summed E-state index contributed by atoms with van der Waals surface area (Å²) in [5.74, 6) is 0.206. The molecule has 0 atom stereocenters. The van der Waals surface area contributed by atoms with Gasteiger partial charge in [0.05, 0.1) is 4.91 Å². The summed E-state index contributed by atoms with van der Waals surface area (Å²) in [6, 6.07) is 6.57. The number of likely N-dealkylation sites (tertiary alicyclic amines) is 1. The Hall–Kier alpha value is -2.11. The van der Waals surface area contributed by atoms with Gasteiger partial charge in [0.2, 0.25) is 5.75 Å². The second-order valence-electron chi connectivity index (χ2n) is 6.34. The highest BCUT2D eigenvalue weighted by atomic mass is 16.8. The third-order valence-corrected chi connectivity index (χ3v) is 3.23. The number of hydrogen-bond donors (Lipinski definition) is 0. The minimum atomic E-state index is -0.633. The lowest BCUT2D eigenvalue weighted by atomic mass is 10.1. The molecule has 6 heteroatoms. The lowest BCUT2D eigenvalue weighted by Crippen LogP contribution is -2.37. The highest BCUT2D eigenvalue weighted by molar-refractivity contribution is 5.72. The van der Waals surface area contributed by atoms with Crippen LogP contribution in [0, 0.1) is 4.91 Å². The molecule has 0 unspecified atom stereocenters. The number of hydrogen-bond acceptors (Lipinski definition) is 4. The highest BCUT2D eigenvalue weighted by Gasteiger charge is 2.31. The number of para-hydroxylation sites is 2. The van der Waals surface area contributed by atoms with E-state index in [0.29, 0.717) is 18.0 Å². The molecule has 1 aromatic rings. The number of piperidine rings is 1. The molecule has 1 saturated heterocycles. The van der Waals surface area contributed by atoms with E-state index in [-0.39, 0.29) is 11.4 Å². The maximum Gasteiger partial charge on any atom is 0.415 e. The van der Waals surface area contributed by atoms with Crippen molar-refractivity contribution in [1.29, 1.82) is 0 Å². The van der Waals surface area contributed by atoms with Gasteiger partial charge in [-0.15, -0.1) is 0 Å². The molecule has 1 aliphatic rings. The average molecular weight is 307 g/mol. The van der Waals surface area contributed by atoms with Gasteiger partial charge in [0.15, 0.2) is 5.60 Å². The van der Waals surface area contributed by atoms with Gasteiger partial charge in [0, 0.05) is 19.2 Å². The van der Waals surface area contributed by atoms with Crippen LogP contribution in [0.5, 0.6) is 5.75 Å². The summed E-state index contributed by atoms with van der Waals surface area (Å²) < 4.78 is 5.39. The van der Waals surface area contributed by atoms with Gasteiger partial charge in [-0.2, -0.15) is 0 Å². The minimum Gasteiger partial charge on any atom is -0.403 e. The third-order valence-electron chi connectivity index (χ3n) is 3.23. The summed E-state index contributed by atoms with van der Waals surface area (Å²) in [7, 11) is 0. The molecule has 120 valence electrons. The Balaban J connectivity index is 2.10. The summed E-state index contributed by atoms with van der Waals surface area (Å²) in [5, 5.41) is 0. The molecule has 22 heavy (non-hydrogen) atoms. The molecule has 0 spiro atoms. The van der Waals surface area contributed by atoms with Crippen LogP contribution in [-0.4, -0.2) is 34.6 Å². The van der Waals surface area contributed by atoms with Crippen molar-refractivity contribution >= 4 is 11.8 Å². The summed E-state index contributed by atoms with van der Waals surface area (Å²) in [6.45, 7) is 6.72. The maximum atomic E-state index is 12.2. The van der Waals surface area contributed by atoms with E-state index in [4.69, 9.17) is 9.57 Å². The molecular formula is C16H23N2O4+. The highest BCUT2D eigenvalue weighted by Crippen LogP contribution is 2.29. The molecule has 1 aliphatic heterocycles. The quantitative estimate of drug-likeness (QED) is 0.797. The van der Waals surface area contributed by atoms with Crippen molar-refractivity contribution in [2.75, 3.05) is 13.1 Å². The molecule has 0 saturated carbocycles. The number of rotatable bonds is 3. The minimum absolute atomic E-state index is 0.183. The molecule has 0 aromatic heterocycles. The van der Waals surface area contributed by atoms with Gasteiger partial charge in [-0.05, 0) is 46.1 Å². The Kier molecular flexibility index (Phi) is 5.00. The van der Waals surface area contributed by atoms with Crippen LogP contribution in [0.2, 0.25) is 0 Å². The Morgan fingerprint density at radius 3 is 2.41 bits per heavy atom. The number of benzene rings is 1. The normalized spacial score (nSPS) is 15.3. The largest absolute Gasteiger partial charge is 0.415 e. The predicted octanol–water partition coefficient (Wildman–Crippen LogP) is 3.81. The van der Waals surface area contributed by atoms with Crippen LogP contribution >= 0.6 is 0 Å². The van der Waals surface area contributed by atoms with Gasteiger partial charge >= 0.3 is 11.8 Å². The standard InChI is InChI=1S/C16H23N2O4/c1-16(2,3)22-18(20)13-9-5-6-10-14(13)21-15(19)17-11-7-4-8-12-17/h5-6,9-10H,4,7-8,11-12H2,1-3H3/q+1. The first-order chi connectivity index (χ1) is 10.4. The molecule has 1 aromatic carbocycles. The van der Waals surface area contributed by atoms with Crippen molar-refractivity contribution < 1.29 is 19.3 Å². The van der Waals surface area contributed by atoms with Crippen molar-refractivity contribution in [3.63, 3.8) is 0 Å². The van der Waals surface area contributed by atoms with E-state index in [1.807, 2.05) is 0 Å². The SMILES string of the molecule is CC(C)(C)O[N+](=O)c1ccccc1OC(=O)N1CCCCC1. The Morgan fingerprint density at radius 2 is 1.77 bits per heavy atom. The molecule has 1 heterocycles. The van der Waals surface area contributed by atoms with Gasteiger partial charge in [0.25, 0.3) is 4.92 Å². The predicted molar refractivity (Wildman–Crippen MR) is 82.0 cm³/mol. The fourth-order valence-electron chi connectivity index (χ4n) is 2.23. The lowest BCUT2D eigenvalue weighted by Gasteiger charge is -2.25. The van der Waals surface area contributed by atoms with Gasteiger partial charge < -0.3 is 9.64 Å². The first-order valence-corrected chi connectivity index (χ1v) is 7.59. The Morgan fingerprint density at radius 1 is 1.14 bits per heavy atom. The number of ether oxygens (including phenoxy) is 1. The number of nitrogens with zero attached hydrogens (tertiary/aromatic N) is 2. The van der Waals surface area contributed by atoms with E-state index in [0.717, 1.165) is 19.3 Å². The maximum absolute atomic E-state index is 12.2. The summed E-state index contributed by atoms with van der Waals surface area (Å²) in [5.41, 5.74) is -0.450. The molecule has 0 radical (unpaired) electrons. The molecule has 6 nitrogen and oxygen atoms in total. The summed E-state index contributed by atoms with van der Waals surface area (Å²) in [6.07, 6.45) is 2.68. The molecular weight excluding hydrogens is 284 g/mol. The van der Waals surface area contributed by atoms with E-state index in [9.17, 15) is 9.70 Å². The van der Waals surface area contributed by atoms with Crippen molar-refractivity contribution in [2.45, 2.75) is 45.6 Å². The Labute approximate surface area is 130 Å². The zero-order valence-electron chi connectivity index (χ0n) is 13.4. The average Bonchev–Trinajstić information content (AvgIpc) is 2.47. The zero-order valence-corrected chi connectivity index (χ0v) is 13.4. The fourth-order valence-corrected chi connectivity index (χ4v) is 2.23. The van der Waals surface area contributed by atoms with E-state index in [1.54, 1.807) is 49.9 Å². The van der Waals surface area contributed by atoms with E-state index < -0.39 is 11.7 Å². The Bertz CT molecular complexity index is 545. The lowest BCUT2D eigenvalue weighted by molar-refractivity contribution is -0.766. The fraction of sp³-hybridized carbons (Fsp3) is 0.562. The van der Waals surface area contributed by atoms with Crippen LogP contribution in [0.4, 0.5) is 10.5 Å². The van der Waals surface area contributed by atoms with Crippen molar-refractivity contribution in [2.24, 2.45) is 0 Å². The summed E-state index contributed by atoms with van der Waals surface area (Å²) >= 11 is 0. The van der Waals surface area contributed by atoms with Crippen LogP contribution in [-0.2, 0) is 4.84 Å². The van der Waals surface area contributed by atoms with Gasteiger partial charge in [-0.3, -0.25) is 0 Å². The van der Waals surface area contributed by atoms with Gasteiger partial charge in [-0.25, -0.2) is 9.63 Å². The van der Waals surface area contributed by atoms with E-state index in [2.05, 4.69) is 0 Å². The van der Waals surface area contributed by atoms with E-state index in [1.165, 1.54) is 0 Å². The van der Waals surface area contributed by atoms with Crippen LogP contribution in [0.15, 0.2) is 24.3 Å². The molecule has 2 rings (SSSR count). The first-order valence-electron chi connectivity index (χ1n) is 7.59. The molecule has 1 amide bonds. The second-order valence-corrected chi connectivity index (χ2v) is 6.34. The topological polar surface area (TPSA) is 58.9 Å². The van der Waals surface area contributed by atoms with Crippen LogP contribution < -0.4 is 4.74 Å². The molecule has 0 bridgehead atoms. The van der Waals surface area contributed by atoms with Crippen molar-refractivity contribution in [3.05, 3.63) is 29.2 Å². The van der Waals surface area contributed by atoms with Crippen molar-refractivity contribution in [3.8, 4) is 5.75 Å². The van der Waals surface area contributed by atoms with Crippen molar-refractivity contribution in [1.82, 2.24) is 4.90 Å². The molecule has 0 aliphatic carbocycles. The smallest absolute Gasteiger partial charge is 0.403 e. The first kappa shape index (κ1) is 16.3.